The summed E-state index contributed by atoms with van der Waals surface area (Å²) in [4.78, 5) is 25.4. The van der Waals surface area contributed by atoms with Gasteiger partial charge in [0.25, 0.3) is 0 Å². The number of likely N-dealkylation sites (tertiary alicyclic amines) is 1. The molecule has 0 spiro atoms. The number of benzene rings is 1. The second-order valence-electron chi connectivity index (χ2n) is 6.28. The van der Waals surface area contributed by atoms with E-state index in [9.17, 15) is 14.7 Å². The van der Waals surface area contributed by atoms with Crippen LogP contribution in [0.2, 0.25) is 0 Å². The Bertz CT molecular complexity index is 569. The number of nitrogens with one attached hydrogen (secondary N) is 1. The van der Waals surface area contributed by atoms with Crippen molar-refractivity contribution in [2.45, 2.75) is 19.8 Å². The van der Waals surface area contributed by atoms with E-state index in [1.165, 1.54) is 0 Å². The lowest BCUT2D eigenvalue weighted by Gasteiger charge is -2.29. The van der Waals surface area contributed by atoms with E-state index in [1.807, 2.05) is 36.1 Å². The van der Waals surface area contributed by atoms with Crippen LogP contribution in [-0.2, 0) is 9.59 Å². The number of aryl methyl sites for hydroxylation is 1. The predicted molar refractivity (Wildman–Crippen MR) is 79.0 cm³/mol. The number of fused-ring (bicyclic) bond motifs is 1. The van der Waals surface area contributed by atoms with Crippen molar-refractivity contribution in [1.29, 1.82) is 0 Å². The Morgan fingerprint density at radius 1 is 1.38 bits per heavy atom. The summed E-state index contributed by atoms with van der Waals surface area (Å²) < 4.78 is 0. The van der Waals surface area contributed by atoms with Gasteiger partial charge in [-0.3, -0.25) is 14.5 Å². The third-order valence-electron chi connectivity index (χ3n) is 4.66. The van der Waals surface area contributed by atoms with Crippen LogP contribution in [0, 0.1) is 18.3 Å². The standard InChI is InChI=1S/C16H20N2O3/c1-11-2-4-13(5-3-11)17-14(19)9-18-7-6-12-8-16(12,10-18)15(20)21/h2-5,12H,6-10H2,1H3,(H,17,19)(H,20,21). The van der Waals surface area contributed by atoms with Crippen molar-refractivity contribution in [2.75, 3.05) is 25.0 Å². The van der Waals surface area contributed by atoms with Crippen molar-refractivity contribution in [3.63, 3.8) is 0 Å². The Morgan fingerprint density at radius 2 is 2.10 bits per heavy atom. The maximum atomic E-state index is 12.1. The van der Waals surface area contributed by atoms with Crippen LogP contribution in [0.4, 0.5) is 5.69 Å². The van der Waals surface area contributed by atoms with Gasteiger partial charge in [0, 0.05) is 12.2 Å². The van der Waals surface area contributed by atoms with Crippen LogP contribution in [0.1, 0.15) is 18.4 Å². The zero-order valence-corrected chi connectivity index (χ0v) is 12.1. The molecular formula is C16H20N2O3. The molecule has 112 valence electrons. The van der Waals surface area contributed by atoms with E-state index in [-0.39, 0.29) is 12.5 Å². The average molecular weight is 288 g/mol. The first-order valence-corrected chi connectivity index (χ1v) is 7.32. The summed E-state index contributed by atoms with van der Waals surface area (Å²) in [5.74, 6) is -0.485. The van der Waals surface area contributed by atoms with Crippen molar-refractivity contribution in [1.82, 2.24) is 4.90 Å². The molecule has 1 amide bonds. The number of carboxylic acids is 1. The zero-order chi connectivity index (χ0) is 15.0. The van der Waals surface area contributed by atoms with Crippen LogP contribution in [0.5, 0.6) is 0 Å². The fraction of sp³-hybridized carbons (Fsp3) is 0.500. The van der Waals surface area contributed by atoms with Gasteiger partial charge in [0.15, 0.2) is 0 Å². The number of rotatable bonds is 4. The molecule has 3 rings (SSSR count). The number of hydrogen-bond donors (Lipinski definition) is 2. The van der Waals surface area contributed by atoms with Gasteiger partial charge in [-0.15, -0.1) is 0 Å². The summed E-state index contributed by atoms with van der Waals surface area (Å²) in [5.41, 5.74) is 1.34. The SMILES string of the molecule is Cc1ccc(NC(=O)CN2CCC3CC3(C(=O)O)C2)cc1. The molecule has 0 bridgehead atoms. The summed E-state index contributed by atoms with van der Waals surface area (Å²) in [6.07, 6.45) is 1.64. The number of nitrogens with zero attached hydrogens (tertiary/aromatic N) is 1. The van der Waals surface area contributed by atoms with Crippen LogP contribution in [0.25, 0.3) is 0 Å². The third kappa shape index (κ3) is 2.78. The zero-order valence-electron chi connectivity index (χ0n) is 12.1. The Kier molecular flexibility index (Phi) is 3.45. The first-order valence-electron chi connectivity index (χ1n) is 7.32. The second kappa shape index (κ2) is 5.15. The number of carbonyl (C=O) groups is 2. The lowest BCUT2D eigenvalue weighted by molar-refractivity contribution is -0.146. The lowest BCUT2D eigenvalue weighted by atomic mass is 9.97. The molecule has 2 atom stereocenters. The van der Waals surface area contributed by atoms with E-state index in [1.54, 1.807) is 0 Å². The maximum Gasteiger partial charge on any atom is 0.311 e. The van der Waals surface area contributed by atoms with Gasteiger partial charge in [0.05, 0.1) is 12.0 Å². The minimum atomic E-state index is -0.712. The molecule has 21 heavy (non-hydrogen) atoms. The summed E-state index contributed by atoms with van der Waals surface area (Å²) in [6.45, 7) is 3.56. The van der Waals surface area contributed by atoms with Crippen LogP contribution >= 0.6 is 0 Å². The highest BCUT2D eigenvalue weighted by Gasteiger charge is 2.62. The number of piperidine rings is 1. The van der Waals surface area contributed by atoms with E-state index in [0.29, 0.717) is 12.5 Å². The number of amides is 1. The third-order valence-corrected chi connectivity index (χ3v) is 4.66. The molecule has 1 aromatic carbocycles. The largest absolute Gasteiger partial charge is 0.481 e. The van der Waals surface area contributed by atoms with Crippen molar-refractivity contribution in [2.24, 2.45) is 11.3 Å². The molecule has 1 saturated heterocycles. The van der Waals surface area contributed by atoms with Gasteiger partial charge in [-0.25, -0.2) is 0 Å². The number of anilines is 1. The van der Waals surface area contributed by atoms with E-state index in [0.717, 1.165) is 30.6 Å². The van der Waals surface area contributed by atoms with Crippen LogP contribution in [0.3, 0.4) is 0 Å². The maximum absolute atomic E-state index is 12.1. The second-order valence-corrected chi connectivity index (χ2v) is 6.28. The predicted octanol–water partition coefficient (Wildman–Crippen LogP) is 1.73. The molecule has 0 radical (unpaired) electrons. The molecule has 5 nitrogen and oxygen atoms in total. The topological polar surface area (TPSA) is 69.6 Å². The summed E-state index contributed by atoms with van der Waals surface area (Å²) in [5, 5.41) is 12.2. The molecule has 1 heterocycles. The van der Waals surface area contributed by atoms with Gasteiger partial charge in [-0.2, -0.15) is 0 Å². The molecule has 1 saturated carbocycles. The van der Waals surface area contributed by atoms with Gasteiger partial charge < -0.3 is 10.4 Å². The summed E-state index contributed by atoms with van der Waals surface area (Å²) in [7, 11) is 0. The monoisotopic (exact) mass is 288 g/mol. The highest BCUT2D eigenvalue weighted by molar-refractivity contribution is 5.92. The van der Waals surface area contributed by atoms with Crippen molar-refractivity contribution >= 4 is 17.6 Å². The molecule has 1 aromatic rings. The van der Waals surface area contributed by atoms with Crippen molar-refractivity contribution in [3.8, 4) is 0 Å². The number of hydrogen-bond acceptors (Lipinski definition) is 3. The van der Waals surface area contributed by atoms with Gasteiger partial charge in [0.1, 0.15) is 0 Å². The summed E-state index contributed by atoms with van der Waals surface area (Å²) >= 11 is 0. The van der Waals surface area contributed by atoms with E-state index in [4.69, 9.17) is 0 Å². The van der Waals surface area contributed by atoms with Crippen LogP contribution in [0.15, 0.2) is 24.3 Å². The number of aliphatic carboxylic acids is 1. The molecule has 1 aliphatic heterocycles. The molecule has 1 aliphatic carbocycles. The van der Waals surface area contributed by atoms with Gasteiger partial charge in [-0.1, -0.05) is 17.7 Å². The Balaban J connectivity index is 1.55. The van der Waals surface area contributed by atoms with Crippen molar-refractivity contribution in [3.05, 3.63) is 29.8 Å². The molecule has 2 N–H and O–H groups in total. The number of carbonyl (C=O) groups excluding carboxylic acids is 1. The van der Waals surface area contributed by atoms with Crippen LogP contribution in [-0.4, -0.2) is 41.5 Å². The highest BCUT2D eigenvalue weighted by atomic mass is 16.4. The Labute approximate surface area is 123 Å². The average Bonchev–Trinajstić information content (AvgIpc) is 3.16. The fourth-order valence-corrected chi connectivity index (χ4v) is 3.27. The van der Waals surface area contributed by atoms with Crippen LogP contribution < -0.4 is 5.32 Å². The lowest BCUT2D eigenvalue weighted by Crippen LogP contribution is -2.44. The molecule has 2 unspecified atom stereocenters. The van der Waals surface area contributed by atoms with Gasteiger partial charge in [0.2, 0.25) is 5.91 Å². The molecule has 2 fully saturated rings. The summed E-state index contributed by atoms with van der Waals surface area (Å²) in [6, 6.07) is 7.65. The first-order chi connectivity index (χ1) is 9.99. The smallest absolute Gasteiger partial charge is 0.311 e. The normalized spacial score (nSPS) is 27.8. The van der Waals surface area contributed by atoms with E-state index >= 15 is 0 Å². The number of carboxylic acid groups (broad SMARTS) is 1. The molecule has 0 aromatic heterocycles. The minimum Gasteiger partial charge on any atom is -0.481 e. The highest BCUT2D eigenvalue weighted by Crippen LogP contribution is 2.57. The molecular weight excluding hydrogens is 268 g/mol. The van der Waals surface area contributed by atoms with E-state index < -0.39 is 11.4 Å². The fourth-order valence-electron chi connectivity index (χ4n) is 3.27. The van der Waals surface area contributed by atoms with Gasteiger partial charge in [-0.05, 0) is 44.4 Å². The Hall–Kier alpha value is -1.88. The molecule has 2 aliphatic rings. The quantitative estimate of drug-likeness (QED) is 0.885. The first kappa shape index (κ1) is 14.1. The molecule has 5 heteroatoms. The van der Waals surface area contributed by atoms with E-state index in [2.05, 4.69) is 5.32 Å². The van der Waals surface area contributed by atoms with Crippen molar-refractivity contribution < 1.29 is 14.7 Å². The van der Waals surface area contributed by atoms with Gasteiger partial charge >= 0.3 is 5.97 Å². The minimum absolute atomic E-state index is 0.0847. The Morgan fingerprint density at radius 3 is 2.76 bits per heavy atom.